The summed E-state index contributed by atoms with van der Waals surface area (Å²) in [5.74, 6) is 3.46. The van der Waals surface area contributed by atoms with Crippen molar-refractivity contribution in [3.63, 3.8) is 0 Å². The zero-order valence-corrected chi connectivity index (χ0v) is 17.0. The summed E-state index contributed by atoms with van der Waals surface area (Å²) in [4.78, 5) is 0. The van der Waals surface area contributed by atoms with Crippen LogP contribution in [0, 0.1) is 6.92 Å². The Morgan fingerprint density at radius 2 is 1.44 bits per heavy atom. The van der Waals surface area contributed by atoms with Gasteiger partial charge in [0, 0.05) is 23.4 Å². The maximum Gasteiger partial charge on any atom is 0.217 e. The monoisotopic (exact) mass is 417 g/mol. The van der Waals surface area contributed by atoms with Gasteiger partial charge in [0.25, 0.3) is 0 Å². The minimum atomic E-state index is -3.29. The standard InChI is InChI=1S/C20H18Cl2N3OP/c1-15-12-20(24-23-15)25-27(26,13-18(21)16-8-4-2-5-9-16)14-19(22)17-10-6-3-7-11-17/h2-14H,1H3,(H2,23,24,25,26). The van der Waals surface area contributed by atoms with Crippen LogP contribution in [0.5, 0.6) is 0 Å². The lowest BCUT2D eigenvalue weighted by Crippen LogP contribution is -1.94. The summed E-state index contributed by atoms with van der Waals surface area (Å²) in [7, 11) is -3.29. The third-order valence-corrected chi connectivity index (χ3v) is 6.53. The van der Waals surface area contributed by atoms with E-state index >= 15 is 0 Å². The number of hydrogen-bond acceptors (Lipinski definition) is 2. The first-order chi connectivity index (χ1) is 13.0. The van der Waals surface area contributed by atoms with Crippen LogP contribution in [0.2, 0.25) is 0 Å². The second kappa shape index (κ2) is 8.62. The number of aryl methyl sites for hydroxylation is 1. The van der Waals surface area contributed by atoms with Gasteiger partial charge in [-0.3, -0.25) is 9.66 Å². The van der Waals surface area contributed by atoms with Gasteiger partial charge in [-0.25, -0.2) is 0 Å². The Kier molecular flexibility index (Phi) is 6.22. The molecule has 7 heteroatoms. The number of nitrogens with zero attached hydrogens (tertiary/aromatic N) is 1. The number of H-pyrrole nitrogens is 1. The molecule has 4 nitrogen and oxygen atoms in total. The third kappa shape index (κ3) is 5.36. The van der Waals surface area contributed by atoms with E-state index in [-0.39, 0.29) is 0 Å². The maximum absolute atomic E-state index is 13.7. The molecule has 0 bridgehead atoms. The normalized spacial score (nSPS) is 14.6. The van der Waals surface area contributed by atoms with Crippen molar-refractivity contribution in [2.24, 2.45) is 0 Å². The van der Waals surface area contributed by atoms with Crippen LogP contribution in [-0.4, -0.2) is 10.2 Å². The molecule has 0 amide bonds. The highest BCUT2D eigenvalue weighted by Gasteiger charge is 2.20. The molecule has 0 spiro atoms. The van der Waals surface area contributed by atoms with Crippen molar-refractivity contribution in [2.45, 2.75) is 6.92 Å². The van der Waals surface area contributed by atoms with Crippen molar-refractivity contribution in [3.05, 3.63) is 95.2 Å². The highest BCUT2D eigenvalue weighted by Crippen LogP contribution is 2.53. The highest BCUT2D eigenvalue weighted by molar-refractivity contribution is 7.72. The van der Waals surface area contributed by atoms with Gasteiger partial charge in [-0.2, -0.15) is 5.10 Å². The van der Waals surface area contributed by atoms with Gasteiger partial charge < -0.3 is 5.09 Å². The quantitative estimate of drug-likeness (QED) is 0.429. The van der Waals surface area contributed by atoms with Crippen molar-refractivity contribution in [1.82, 2.24) is 10.2 Å². The second-order valence-electron chi connectivity index (χ2n) is 5.94. The van der Waals surface area contributed by atoms with E-state index < -0.39 is 7.29 Å². The molecule has 1 aromatic heterocycles. The summed E-state index contributed by atoms with van der Waals surface area (Å²) in [6, 6.07) is 20.4. The largest absolute Gasteiger partial charge is 0.313 e. The number of benzene rings is 2. The van der Waals surface area contributed by atoms with Crippen LogP contribution >= 0.6 is 30.5 Å². The van der Waals surface area contributed by atoms with E-state index in [1.807, 2.05) is 67.6 Å². The fraction of sp³-hybridized carbons (Fsp3) is 0.0500. The number of nitrogens with one attached hydrogen (secondary N) is 2. The number of anilines is 1. The average Bonchev–Trinajstić information content (AvgIpc) is 3.07. The molecule has 0 aliphatic rings. The van der Waals surface area contributed by atoms with Crippen molar-refractivity contribution in [1.29, 1.82) is 0 Å². The van der Waals surface area contributed by atoms with Crippen LogP contribution < -0.4 is 5.09 Å². The lowest BCUT2D eigenvalue weighted by molar-refractivity contribution is 0.589. The van der Waals surface area contributed by atoms with E-state index in [2.05, 4.69) is 15.3 Å². The number of aromatic amines is 1. The third-order valence-electron chi connectivity index (χ3n) is 3.70. The van der Waals surface area contributed by atoms with Crippen LogP contribution in [0.1, 0.15) is 16.8 Å². The Hall–Kier alpha value is -2.26. The first kappa shape index (κ1) is 19.5. The molecule has 0 fully saturated rings. The highest BCUT2D eigenvalue weighted by atomic mass is 35.5. The lowest BCUT2D eigenvalue weighted by Gasteiger charge is -2.14. The molecule has 0 aliphatic heterocycles. The molecular formula is C20H18Cl2N3OP. The van der Waals surface area contributed by atoms with Crippen molar-refractivity contribution >= 4 is 46.4 Å². The maximum atomic E-state index is 13.7. The SMILES string of the molecule is Cc1cc(NP(=O)(C=C(Cl)c2ccccc2)C=C(Cl)c2ccccc2)n[nH]1. The smallest absolute Gasteiger partial charge is 0.217 e. The van der Waals surface area contributed by atoms with E-state index in [4.69, 9.17) is 23.2 Å². The van der Waals surface area contributed by atoms with Gasteiger partial charge in [-0.15, -0.1) is 0 Å². The van der Waals surface area contributed by atoms with Gasteiger partial charge in [-0.05, 0) is 18.1 Å². The fourth-order valence-corrected chi connectivity index (χ4v) is 5.21. The van der Waals surface area contributed by atoms with Crippen molar-refractivity contribution < 1.29 is 4.57 Å². The summed E-state index contributed by atoms with van der Waals surface area (Å²) in [5, 5.41) is 10.6. The molecule has 0 atom stereocenters. The van der Waals surface area contributed by atoms with E-state index in [0.717, 1.165) is 16.8 Å². The molecule has 27 heavy (non-hydrogen) atoms. The Morgan fingerprint density at radius 1 is 0.963 bits per heavy atom. The van der Waals surface area contributed by atoms with Gasteiger partial charge in [0.15, 0.2) is 5.82 Å². The molecule has 2 N–H and O–H groups in total. The van der Waals surface area contributed by atoms with Crippen LogP contribution in [-0.2, 0) is 4.57 Å². The lowest BCUT2D eigenvalue weighted by atomic mass is 10.2. The molecule has 0 unspecified atom stereocenters. The minimum absolute atomic E-state index is 0.368. The van der Waals surface area contributed by atoms with Gasteiger partial charge in [-0.1, -0.05) is 83.9 Å². The Bertz CT molecular complexity index is 954. The van der Waals surface area contributed by atoms with Crippen LogP contribution in [0.25, 0.3) is 10.1 Å². The first-order valence-corrected chi connectivity index (χ1v) is 10.8. The summed E-state index contributed by atoms with van der Waals surface area (Å²) < 4.78 is 13.7. The van der Waals surface area contributed by atoms with Crippen molar-refractivity contribution in [2.75, 3.05) is 5.09 Å². The van der Waals surface area contributed by atoms with E-state index in [9.17, 15) is 4.57 Å². The zero-order chi connectivity index (χ0) is 19.3. The molecule has 2 aromatic carbocycles. The molecule has 0 aliphatic carbocycles. The fourth-order valence-electron chi connectivity index (χ4n) is 2.44. The summed E-state index contributed by atoms with van der Waals surface area (Å²) >= 11 is 12.9. The zero-order valence-electron chi connectivity index (χ0n) is 14.6. The molecule has 138 valence electrons. The Labute approximate surface area is 168 Å². The van der Waals surface area contributed by atoms with E-state index in [1.165, 1.54) is 11.6 Å². The van der Waals surface area contributed by atoms with Crippen LogP contribution in [0.4, 0.5) is 5.82 Å². The predicted molar refractivity (Wildman–Crippen MR) is 115 cm³/mol. The molecule has 3 rings (SSSR count). The average molecular weight is 418 g/mol. The molecule has 1 heterocycles. The van der Waals surface area contributed by atoms with E-state index in [1.54, 1.807) is 6.07 Å². The van der Waals surface area contributed by atoms with Crippen LogP contribution in [0.15, 0.2) is 78.4 Å². The van der Waals surface area contributed by atoms with Crippen LogP contribution in [0.3, 0.4) is 0 Å². The molecule has 0 radical (unpaired) electrons. The molecule has 3 aromatic rings. The summed E-state index contributed by atoms with van der Waals surface area (Å²) in [6.07, 6.45) is 0. The number of halogens is 2. The van der Waals surface area contributed by atoms with Gasteiger partial charge in [0.2, 0.25) is 7.29 Å². The van der Waals surface area contributed by atoms with Crippen molar-refractivity contribution in [3.8, 4) is 0 Å². The van der Waals surface area contributed by atoms with E-state index in [0.29, 0.717) is 15.9 Å². The number of aromatic nitrogens is 2. The molecule has 0 saturated carbocycles. The summed E-state index contributed by atoms with van der Waals surface area (Å²) in [6.45, 7) is 1.86. The number of rotatable bonds is 6. The minimum Gasteiger partial charge on any atom is -0.313 e. The second-order valence-corrected chi connectivity index (χ2v) is 8.92. The van der Waals surface area contributed by atoms with Gasteiger partial charge >= 0.3 is 0 Å². The Balaban J connectivity index is 2.02. The number of hydrogen-bond donors (Lipinski definition) is 2. The molecular weight excluding hydrogens is 400 g/mol. The molecule has 0 saturated heterocycles. The Morgan fingerprint density at radius 3 is 1.85 bits per heavy atom. The topological polar surface area (TPSA) is 57.8 Å². The van der Waals surface area contributed by atoms with Gasteiger partial charge in [0.1, 0.15) is 0 Å². The predicted octanol–water partition coefficient (Wildman–Crippen LogP) is 6.88. The van der Waals surface area contributed by atoms with Gasteiger partial charge in [0.05, 0.1) is 10.1 Å². The first-order valence-electron chi connectivity index (χ1n) is 8.22. The summed E-state index contributed by atoms with van der Waals surface area (Å²) in [5.41, 5.74) is 2.38.